The van der Waals surface area contributed by atoms with E-state index in [1.165, 1.54) is 5.19 Å². The fourth-order valence-corrected chi connectivity index (χ4v) is 6.39. The van der Waals surface area contributed by atoms with Gasteiger partial charge in [-0.1, -0.05) is 78.9 Å². The van der Waals surface area contributed by atoms with Crippen molar-refractivity contribution in [3.8, 4) is 0 Å². The van der Waals surface area contributed by atoms with Crippen LogP contribution in [0.25, 0.3) is 0 Å². The van der Waals surface area contributed by atoms with Crippen molar-refractivity contribution in [3.63, 3.8) is 0 Å². The summed E-state index contributed by atoms with van der Waals surface area (Å²) in [7, 11) is -1.78. The van der Waals surface area contributed by atoms with Gasteiger partial charge in [0, 0.05) is 5.54 Å². The highest BCUT2D eigenvalue weighted by atomic mass is 28.3. The minimum atomic E-state index is -1.78. The van der Waals surface area contributed by atoms with Crippen molar-refractivity contribution in [3.05, 3.63) is 66.2 Å². The van der Waals surface area contributed by atoms with Gasteiger partial charge in [-0.3, -0.25) is 4.79 Å². The van der Waals surface area contributed by atoms with Gasteiger partial charge in [-0.25, -0.2) is 0 Å². The number of carbonyl (C=O) groups is 1. The smallest absolute Gasteiger partial charge is 0.306 e. The Labute approximate surface area is 126 Å². The van der Waals surface area contributed by atoms with Gasteiger partial charge >= 0.3 is 5.97 Å². The second-order valence-electron chi connectivity index (χ2n) is 6.22. The van der Waals surface area contributed by atoms with Gasteiger partial charge in [0.15, 0.2) is 0 Å². The standard InChI is InChI=1S/C18H20O2Si/c1-21(2,15-11-7-4-8-12-15)16-13-17(19)20-18(16)14-9-5-3-6-10-14/h3-12,16,18H,13H2,1-2H3/t16-,18+/m1/s1. The molecule has 0 unspecified atom stereocenters. The molecule has 2 atom stereocenters. The first-order valence-corrected chi connectivity index (χ1v) is 10.5. The number of ether oxygens (including phenoxy) is 1. The number of carbonyl (C=O) groups excluding carboxylic acids is 1. The maximum absolute atomic E-state index is 11.9. The summed E-state index contributed by atoms with van der Waals surface area (Å²) >= 11 is 0. The Hall–Kier alpha value is -1.87. The monoisotopic (exact) mass is 296 g/mol. The summed E-state index contributed by atoms with van der Waals surface area (Å²) < 4.78 is 5.66. The molecular weight excluding hydrogens is 276 g/mol. The Balaban J connectivity index is 1.97. The molecule has 3 rings (SSSR count). The molecule has 0 amide bonds. The summed E-state index contributed by atoms with van der Waals surface area (Å²) in [6.45, 7) is 4.68. The van der Waals surface area contributed by atoms with Gasteiger partial charge in [0.25, 0.3) is 0 Å². The normalized spacial score (nSPS) is 22.1. The number of hydrogen-bond donors (Lipinski definition) is 0. The molecule has 2 aromatic carbocycles. The largest absolute Gasteiger partial charge is 0.457 e. The van der Waals surface area contributed by atoms with E-state index in [0.717, 1.165) is 5.56 Å². The van der Waals surface area contributed by atoms with E-state index in [4.69, 9.17) is 4.74 Å². The van der Waals surface area contributed by atoms with E-state index in [2.05, 4.69) is 49.5 Å². The lowest BCUT2D eigenvalue weighted by Crippen LogP contribution is -2.46. The van der Waals surface area contributed by atoms with Crippen LogP contribution in [0, 0.1) is 0 Å². The molecule has 1 fully saturated rings. The lowest BCUT2D eigenvalue weighted by molar-refractivity contribution is -0.141. The van der Waals surface area contributed by atoms with Gasteiger partial charge in [-0.2, -0.15) is 0 Å². The van der Waals surface area contributed by atoms with Crippen LogP contribution in [0.5, 0.6) is 0 Å². The van der Waals surface area contributed by atoms with Crippen LogP contribution < -0.4 is 5.19 Å². The SMILES string of the molecule is C[Si](C)(c1ccccc1)[C@@H]1CC(=O)O[C@H]1c1ccccc1. The zero-order valence-electron chi connectivity index (χ0n) is 12.5. The molecule has 0 radical (unpaired) electrons. The Morgan fingerprint density at radius 3 is 2.14 bits per heavy atom. The summed E-state index contributed by atoms with van der Waals surface area (Å²) in [6.07, 6.45) is 0.439. The minimum absolute atomic E-state index is 0.0645. The number of cyclic esters (lactones) is 1. The molecule has 0 bridgehead atoms. The van der Waals surface area contributed by atoms with Gasteiger partial charge in [0.2, 0.25) is 0 Å². The quantitative estimate of drug-likeness (QED) is 0.638. The van der Waals surface area contributed by atoms with Crippen molar-refractivity contribution in [1.82, 2.24) is 0 Å². The molecule has 0 saturated carbocycles. The fraction of sp³-hybridized carbons (Fsp3) is 0.278. The maximum Gasteiger partial charge on any atom is 0.306 e. The Morgan fingerprint density at radius 1 is 0.952 bits per heavy atom. The van der Waals surface area contributed by atoms with Gasteiger partial charge < -0.3 is 4.74 Å². The molecule has 21 heavy (non-hydrogen) atoms. The van der Waals surface area contributed by atoms with Crippen molar-refractivity contribution in [2.75, 3.05) is 0 Å². The first-order valence-electron chi connectivity index (χ1n) is 7.39. The van der Waals surface area contributed by atoms with Crippen LogP contribution in [0.1, 0.15) is 18.1 Å². The van der Waals surface area contributed by atoms with Gasteiger partial charge in [0.1, 0.15) is 6.10 Å². The van der Waals surface area contributed by atoms with Crippen LogP contribution in [0.2, 0.25) is 18.6 Å². The van der Waals surface area contributed by atoms with E-state index in [0.29, 0.717) is 6.42 Å². The van der Waals surface area contributed by atoms with Crippen LogP contribution in [0.15, 0.2) is 60.7 Å². The van der Waals surface area contributed by atoms with Crippen molar-refractivity contribution in [1.29, 1.82) is 0 Å². The summed E-state index contributed by atoms with van der Waals surface area (Å²) in [4.78, 5) is 11.9. The van der Waals surface area contributed by atoms with Crippen molar-refractivity contribution in [2.45, 2.75) is 31.2 Å². The summed E-state index contributed by atoms with van der Waals surface area (Å²) in [5, 5.41) is 1.38. The number of benzene rings is 2. The second kappa shape index (κ2) is 5.49. The van der Waals surface area contributed by atoms with E-state index in [-0.39, 0.29) is 17.6 Å². The van der Waals surface area contributed by atoms with Crippen LogP contribution in [-0.2, 0) is 9.53 Å². The fourth-order valence-electron chi connectivity index (χ4n) is 3.22. The Bertz CT molecular complexity index is 622. The molecule has 0 N–H and O–H groups in total. The predicted molar refractivity (Wildman–Crippen MR) is 87.2 cm³/mol. The minimum Gasteiger partial charge on any atom is -0.457 e. The van der Waals surface area contributed by atoms with Crippen LogP contribution in [0.4, 0.5) is 0 Å². The Kier molecular flexibility index (Phi) is 3.68. The third-order valence-electron chi connectivity index (χ3n) is 4.58. The molecule has 1 saturated heterocycles. The molecule has 1 heterocycles. The van der Waals surface area contributed by atoms with Crippen LogP contribution in [0.3, 0.4) is 0 Å². The van der Waals surface area contributed by atoms with E-state index in [9.17, 15) is 4.79 Å². The maximum atomic E-state index is 11.9. The van der Waals surface area contributed by atoms with Crippen molar-refractivity contribution < 1.29 is 9.53 Å². The molecule has 108 valence electrons. The second-order valence-corrected chi connectivity index (χ2v) is 11.0. The summed E-state index contributed by atoms with van der Waals surface area (Å²) in [6, 6.07) is 20.7. The molecule has 0 spiro atoms. The number of esters is 1. The Morgan fingerprint density at radius 2 is 1.52 bits per heavy atom. The molecule has 3 heteroatoms. The summed E-state index contributed by atoms with van der Waals surface area (Å²) in [5.74, 6) is -0.0645. The van der Waals surface area contributed by atoms with Gasteiger partial charge in [0.05, 0.1) is 14.5 Å². The third-order valence-corrected chi connectivity index (χ3v) is 8.77. The number of rotatable bonds is 3. The highest BCUT2D eigenvalue weighted by Gasteiger charge is 2.46. The van der Waals surface area contributed by atoms with E-state index in [1.807, 2.05) is 24.3 Å². The molecule has 2 aromatic rings. The average Bonchev–Trinajstić information content (AvgIpc) is 2.92. The van der Waals surface area contributed by atoms with Gasteiger partial charge in [-0.05, 0) is 5.56 Å². The third kappa shape index (κ3) is 2.66. The molecule has 0 aliphatic carbocycles. The molecule has 1 aliphatic rings. The summed E-state index contributed by atoms with van der Waals surface area (Å²) in [5.41, 5.74) is 1.40. The zero-order valence-corrected chi connectivity index (χ0v) is 13.5. The highest BCUT2D eigenvalue weighted by Crippen LogP contribution is 2.45. The topological polar surface area (TPSA) is 26.3 Å². The van der Waals surface area contributed by atoms with E-state index in [1.54, 1.807) is 0 Å². The van der Waals surface area contributed by atoms with Crippen molar-refractivity contribution >= 4 is 19.2 Å². The number of hydrogen-bond acceptors (Lipinski definition) is 2. The first-order chi connectivity index (χ1) is 10.1. The average molecular weight is 296 g/mol. The van der Waals surface area contributed by atoms with Crippen molar-refractivity contribution in [2.24, 2.45) is 0 Å². The molecule has 1 aliphatic heterocycles. The molecule has 0 aromatic heterocycles. The predicted octanol–water partition coefficient (Wildman–Crippen LogP) is 3.66. The van der Waals surface area contributed by atoms with E-state index < -0.39 is 8.07 Å². The lowest BCUT2D eigenvalue weighted by Gasteiger charge is -2.32. The van der Waals surface area contributed by atoms with Crippen LogP contribution in [-0.4, -0.2) is 14.0 Å². The highest BCUT2D eigenvalue weighted by molar-refractivity contribution is 6.91. The molecular formula is C18H20O2Si. The first kappa shape index (κ1) is 14.1. The van der Waals surface area contributed by atoms with E-state index >= 15 is 0 Å². The lowest BCUT2D eigenvalue weighted by atomic mass is 10.1. The zero-order chi connectivity index (χ0) is 14.9. The van der Waals surface area contributed by atoms with Crippen LogP contribution >= 0.6 is 0 Å². The molecule has 2 nitrogen and oxygen atoms in total. The van der Waals surface area contributed by atoms with Gasteiger partial charge in [-0.15, -0.1) is 0 Å².